The maximum absolute atomic E-state index is 2.60. The second kappa shape index (κ2) is 22.0. The molecule has 0 bridgehead atoms. The van der Waals surface area contributed by atoms with Crippen molar-refractivity contribution in [2.45, 2.75) is 12.0 Å². The van der Waals surface area contributed by atoms with Gasteiger partial charge in [0.2, 0.25) is 0 Å². The Morgan fingerprint density at radius 2 is 0.461 bits per heavy atom. The molecule has 20 aromatic rings. The lowest BCUT2D eigenvalue weighted by Gasteiger charge is -2.30. The van der Waals surface area contributed by atoms with Crippen LogP contribution in [0.1, 0.15) is 11.5 Å². The maximum Gasteiger partial charge on any atom is 0.0629 e. The van der Waals surface area contributed by atoms with Crippen LogP contribution in [-0.4, -0.2) is 28.9 Å². The minimum absolute atomic E-state index is 0.118. The van der Waals surface area contributed by atoms with Crippen molar-refractivity contribution in [2.75, 3.05) is 4.90 Å². The number of rotatable bonds is 9. The molecule has 0 saturated carbocycles. The maximum atomic E-state index is 2.60. The van der Waals surface area contributed by atoms with Crippen LogP contribution in [0.2, 0.25) is 0 Å². The number of fused-ring (bicyclic) bond motifs is 18. The van der Waals surface area contributed by atoms with E-state index < -0.39 is 0 Å². The van der Waals surface area contributed by atoms with E-state index >= 15 is 0 Å². The Morgan fingerprint density at radius 3 is 0.814 bits per heavy atom. The Hall–Kier alpha value is -13.4. The van der Waals surface area contributed by atoms with E-state index in [1.54, 1.807) is 0 Å². The van der Waals surface area contributed by atoms with Crippen LogP contribution in [0.15, 0.2) is 364 Å². The van der Waals surface area contributed by atoms with E-state index in [0.717, 1.165) is 83.8 Å². The molecule has 2 atom stereocenters. The molecular formula is C96H62N6. The summed E-state index contributed by atoms with van der Waals surface area (Å²) < 4.78 is 12.7. The molecule has 0 amide bonds. The molecule has 5 aromatic heterocycles. The van der Waals surface area contributed by atoms with Crippen molar-refractivity contribution in [3.05, 3.63) is 370 Å². The molecular weight excluding hydrogens is 1240 g/mol. The van der Waals surface area contributed by atoms with Crippen LogP contribution in [0, 0.1) is 0 Å². The lowest BCUT2D eigenvalue weighted by atomic mass is 9.90. The number of aromatic nitrogens is 5. The minimum atomic E-state index is 0.118. The Kier molecular flexibility index (Phi) is 12.2. The van der Waals surface area contributed by atoms with Gasteiger partial charge >= 0.3 is 0 Å². The van der Waals surface area contributed by atoms with Gasteiger partial charge in [-0.05, 0) is 90.5 Å². The highest BCUT2D eigenvalue weighted by molar-refractivity contribution is 6.22. The van der Waals surface area contributed by atoms with Gasteiger partial charge in [0.1, 0.15) is 0 Å². The van der Waals surface area contributed by atoms with E-state index in [9.17, 15) is 0 Å². The third-order valence-corrected chi connectivity index (χ3v) is 22.1. The smallest absolute Gasteiger partial charge is 0.0629 e. The summed E-state index contributed by atoms with van der Waals surface area (Å²) in [6.07, 6.45) is 9.24. The summed E-state index contributed by atoms with van der Waals surface area (Å²) >= 11 is 0. The first-order chi connectivity index (χ1) is 50.7. The van der Waals surface area contributed by atoms with Gasteiger partial charge in [-0.25, -0.2) is 0 Å². The van der Waals surface area contributed by atoms with Gasteiger partial charge in [0, 0.05) is 110 Å². The molecule has 0 N–H and O–H groups in total. The first-order valence-corrected chi connectivity index (χ1v) is 35.4. The number of benzene rings is 15. The van der Waals surface area contributed by atoms with Crippen molar-refractivity contribution in [3.8, 4) is 61.8 Å². The van der Waals surface area contributed by atoms with Crippen LogP contribution in [-0.2, 0) is 0 Å². The van der Waals surface area contributed by atoms with Gasteiger partial charge in [-0.15, -0.1) is 0 Å². The molecule has 6 heterocycles. The van der Waals surface area contributed by atoms with Crippen molar-refractivity contribution in [2.24, 2.45) is 0 Å². The SMILES string of the molecule is C1=CC2c3cccc(-c4cccc5c6ccccc6n(-c6cc(-n7c8ccccc8c8cccc(-c9cccc%10c%11ccccc%11n(-c%11ccccc%11)c9%10)c87)cc(-n7c8ccccc8c8cccc(-c9cccc%10c%11ccccc%11n(-c%11ccccc%11)c9%10)c87)c6)c45)c3N(c3ccccc3)C2C=C1. The van der Waals surface area contributed by atoms with E-state index in [1.165, 1.54) is 104 Å². The molecule has 0 fully saturated rings. The number of hydrogen-bond acceptors (Lipinski definition) is 1. The zero-order valence-corrected chi connectivity index (χ0v) is 55.5. The molecule has 1 aliphatic carbocycles. The average molecular weight is 1300 g/mol. The zero-order valence-electron chi connectivity index (χ0n) is 55.5. The van der Waals surface area contributed by atoms with Gasteiger partial charge in [-0.2, -0.15) is 0 Å². The topological polar surface area (TPSA) is 27.9 Å². The molecule has 6 heteroatoms. The Morgan fingerprint density at radius 1 is 0.196 bits per heavy atom. The molecule has 1 aliphatic heterocycles. The fourth-order valence-corrected chi connectivity index (χ4v) is 18.1. The van der Waals surface area contributed by atoms with Crippen LogP contribution < -0.4 is 4.90 Å². The number of allylic oxidation sites excluding steroid dienone is 2. The first-order valence-electron chi connectivity index (χ1n) is 35.4. The molecule has 2 aliphatic rings. The van der Waals surface area contributed by atoms with Crippen molar-refractivity contribution in [1.29, 1.82) is 0 Å². The molecule has 6 nitrogen and oxygen atoms in total. The standard InChI is InChI=1S/C96H62N6/c1-4-28-61(29-5-1)97-85-52-16-10-34-67(85)73-40-22-46-79(91(73)97)82-49-25-43-76-70-37-13-19-55-88(70)100(94(76)82)64-58-65(101-89-56-20-14-38-71(89)77-44-26-50-83(95(77)101)80-47-23-41-74-68-35-11-17-53-86(68)98(92(74)80)62-30-6-2-7-31-62)60-66(59-64)102-90-57-21-15-39-72(90)78-45-27-51-84(96(78)102)81-48-24-42-75-69-36-12-18-54-87(69)99(93(75)81)63-32-8-3-9-33-63/h1-60,67,85H. The predicted molar refractivity (Wildman–Crippen MR) is 428 cm³/mol. The molecule has 0 saturated heterocycles. The third-order valence-electron chi connectivity index (χ3n) is 22.1. The summed E-state index contributed by atoms with van der Waals surface area (Å²) in [6.45, 7) is 0. The molecule has 0 radical (unpaired) electrons. The van der Waals surface area contributed by atoms with Crippen LogP contribution in [0.3, 0.4) is 0 Å². The first kappa shape index (κ1) is 56.6. The van der Waals surface area contributed by atoms with Gasteiger partial charge in [0.25, 0.3) is 0 Å². The van der Waals surface area contributed by atoms with E-state index in [1.807, 2.05) is 0 Å². The van der Waals surface area contributed by atoms with Crippen LogP contribution in [0.5, 0.6) is 0 Å². The van der Waals surface area contributed by atoms with Crippen LogP contribution in [0.4, 0.5) is 11.4 Å². The minimum Gasteiger partial charge on any atom is -0.333 e. The highest BCUT2D eigenvalue weighted by atomic mass is 15.2. The molecule has 476 valence electrons. The summed E-state index contributed by atoms with van der Waals surface area (Å²) in [5, 5.41) is 12.0. The predicted octanol–water partition coefficient (Wildman–Crippen LogP) is 24.9. The number of hydrogen-bond donors (Lipinski definition) is 0. The largest absolute Gasteiger partial charge is 0.333 e. The fraction of sp³-hybridized carbons (Fsp3) is 0.0208. The normalized spacial score (nSPS) is 14.4. The fourth-order valence-electron chi connectivity index (χ4n) is 18.1. The van der Waals surface area contributed by atoms with Gasteiger partial charge in [0.15, 0.2) is 0 Å². The van der Waals surface area contributed by atoms with Crippen molar-refractivity contribution in [1.82, 2.24) is 22.8 Å². The van der Waals surface area contributed by atoms with Crippen LogP contribution >= 0.6 is 0 Å². The lowest BCUT2D eigenvalue weighted by Crippen LogP contribution is -2.28. The average Bonchev–Trinajstić information content (AvgIpc) is 1.55. The second-order valence-electron chi connectivity index (χ2n) is 27.4. The van der Waals surface area contributed by atoms with Crippen molar-refractivity contribution in [3.63, 3.8) is 0 Å². The van der Waals surface area contributed by atoms with Crippen molar-refractivity contribution < 1.29 is 0 Å². The number of nitrogens with zero attached hydrogens (tertiary/aromatic N) is 6. The highest BCUT2D eigenvalue weighted by Gasteiger charge is 2.40. The number of para-hydroxylation sites is 14. The summed E-state index contributed by atoms with van der Waals surface area (Å²) in [4.78, 5) is 2.60. The summed E-state index contributed by atoms with van der Waals surface area (Å²) in [5.41, 5.74) is 27.5. The number of anilines is 2. The molecule has 2 unspecified atom stereocenters. The van der Waals surface area contributed by atoms with E-state index in [-0.39, 0.29) is 12.0 Å². The monoisotopic (exact) mass is 1300 g/mol. The highest BCUT2D eigenvalue weighted by Crippen LogP contribution is 2.54. The summed E-state index contributed by atoms with van der Waals surface area (Å²) in [6, 6.07) is 127. The van der Waals surface area contributed by atoms with Gasteiger partial charge < -0.3 is 27.7 Å². The lowest BCUT2D eigenvalue weighted by molar-refractivity contribution is 0.745. The van der Waals surface area contributed by atoms with E-state index in [2.05, 4.69) is 392 Å². The van der Waals surface area contributed by atoms with Crippen molar-refractivity contribution >= 4 is 120 Å². The van der Waals surface area contributed by atoms with E-state index in [0.29, 0.717) is 0 Å². The van der Waals surface area contributed by atoms with Crippen LogP contribution in [0.25, 0.3) is 171 Å². The summed E-state index contributed by atoms with van der Waals surface area (Å²) in [5.74, 6) is 0.184. The van der Waals surface area contributed by atoms with E-state index in [4.69, 9.17) is 0 Å². The molecule has 0 spiro atoms. The zero-order chi connectivity index (χ0) is 66.7. The quantitative estimate of drug-likeness (QED) is 0.142. The molecule has 102 heavy (non-hydrogen) atoms. The summed E-state index contributed by atoms with van der Waals surface area (Å²) in [7, 11) is 0. The molecule has 15 aromatic carbocycles. The Labute approximate surface area is 587 Å². The van der Waals surface area contributed by atoms with Gasteiger partial charge in [-0.1, -0.05) is 279 Å². The Balaban J connectivity index is 0.884. The Bertz CT molecular complexity index is 6660. The van der Waals surface area contributed by atoms with Gasteiger partial charge in [-0.3, -0.25) is 0 Å². The third kappa shape index (κ3) is 8.05. The molecule has 22 rings (SSSR count). The van der Waals surface area contributed by atoms with Gasteiger partial charge in [0.05, 0.1) is 84.0 Å². The second-order valence-corrected chi connectivity index (χ2v) is 27.4.